The second-order valence-electron chi connectivity index (χ2n) is 6.10. The van der Waals surface area contributed by atoms with E-state index in [1.807, 2.05) is 4.90 Å². The fourth-order valence-electron chi connectivity index (χ4n) is 3.15. The highest BCUT2D eigenvalue weighted by molar-refractivity contribution is 5.85. The van der Waals surface area contributed by atoms with Crippen molar-refractivity contribution < 1.29 is 9.53 Å². The van der Waals surface area contributed by atoms with E-state index in [0.29, 0.717) is 24.3 Å². The maximum absolute atomic E-state index is 12.2. The van der Waals surface area contributed by atoms with Crippen LogP contribution in [0.5, 0.6) is 0 Å². The summed E-state index contributed by atoms with van der Waals surface area (Å²) in [6.07, 6.45) is 7.53. The Morgan fingerprint density at radius 3 is 2.55 bits per heavy atom. The molecule has 2 N–H and O–H groups in total. The smallest absolute Gasteiger partial charge is 0.222 e. The molecule has 2 fully saturated rings. The van der Waals surface area contributed by atoms with Gasteiger partial charge in [-0.15, -0.1) is 12.4 Å². The molecule has 0 aromatic heterocycles. The predicted octanol–water partition coefficient (Wildman–Crippen LogP) is 2.34. The molecule has 0 spiro atoms. The van der Waals surface area contributed by atoms with Gasteiger partial charge in [0.1, 0.15) is 0 Å². The summed E-state index contributed by atoms with van der Waals surface area (Å²) in [5.41, 5.74) is 5.92. The van der Waals surface area contributed by atoms with Crippen molar-refractivity contribution in [3.63, 3.8) is 0 Å². The van der Waals surface area contributed by atoms with E-state index in [1.165, 1.54) is 12.8 Å². The van der Waals surface area contributed by atoms with E-state index in [9.17, 15) is 4.79 Å². The number of nitrogens with zero attached hydrogens (tertiary/aromatic N) is 1. The van der Waals surface area contributed by atoms with E-state index in [0.717, 1.165) is 45.4 Å². The van der Waals surface area contributed by atoms with Crippen molar-refractivity contribution >= 4 is 18.3 Å². The number of piperidine rings is 1. The van der Waals surface area contributed by atoms with Crippen molar-refractivity contribution in [1.29, 1.82) is 0 Å². The van der Waals surface area contributed by atoms with Crippen LogP contribution in [0.3, 0.4) is 0 Å². The first-order valence-corrected chi connectivity index (χ1v) is 7.82. The van der Waals surface area contributed by atoms with Crippen LogP contribution >= 0.6 is 12.4 Å². The zero-order chi connectivity index (χ0) is 13.7. The molecule has 0 saturated carbocycles. The topological polar surface area (TPSA) is 55.6 Å². The third kappa shape index (κ3) is 5.23. The summed E-state index contributed by atoms with van der Waals surface area (Å²) < 4.78 is 5.68. The summed E-state index contributed by atoms with van der Waals surface area (Å²) in [6.45, 7) is 4.72. The Morgan fingerprint density at radius 2 is 2.00 bits per heavy atom. The maximum atomic E-state index is 12.2. The molecule has 4 nitrogen and oxygen atoms in total. The average molecular weight is 305 g/mol. The molecule has 20 heavy (non-hydrogen) atoms. The first kappa shape index (κ1) is 17.7. The van der Waals surface area contributed by atoms with Crippen molar-refractivity contribution in [3.8, 4) is 0 Å². The van der Waals surface area contributed by atoms with Gasteiger partial charge in [0.05, 0.1) is 6.10 Å². The predicted molar refractivity (Wildman–Crippen MR) is 83.0 cm³/mol. The molecule has 2 unspecified atom stereocenters. The zero-order valence-electron chi connectivity index (χ0n) is 12.6. The monoisotopic (exact) mass is 304 g/mol. The van der Waals surface area contributed by atoms with Gasteiger partial charge >= 0.3 is 0 Å². The van der Waals surface area contributed by atoms with E-state index in [2.05, 4.69) is 6.92 Å². The van der Waals surface area contributed by atoms with Crippen LogP contribution < -0.4 is 5.73 Å². The molecule has 0 bridgehead atoms. The van der Waals surface area contributed by atoms with Crippen LogP contribution in [-0.4, -0.2) is 42.6 Å². The van der Waals surface area contributed by atoms with Crippen molar-refractivity contribution in [2.75, 3.05) is 19.7 Å². The molecule has 2 saturated heterocycles. The number of nitrogens with two attached hydrogens (primary N) is 1. The van der Waals surface area contributed by atoms with Gasteiger partial charge in [-0.1, -0.05) is 0 Å². The highest BCUT2D eigenvalue weighted by Crippen LogP contribution is 2.22. The summed E-state index contributed by atoms with van der Waals surface area (Å²) in [5, 5.41) is 0. The van der Waals surface area contributed by atoms with Gasteiger partial charge in [-0.25, -0.2) is 0 Å². The van der Waals surface area contributed by atoms with Gasteiger partial charge in [-0.2, -0.15) is 0 Å². The second kappa shape index (κ2) is 8.85. The Morgan fingerprint density at radius 1 is 1.30 bits per heavy atom. The second-order valence-corrected chi connectivity index (χ2v) is 6.10. The third-order valence-corrected chi connectivity index (χ3v) is 4.59. The number of carbonyl (C=O) groups is 1. The molecule has 2 aliphatic heterocycles. The van der Waals surface area contributed by atoms with Gasteiger partial charge in [0, 0.05) is 32.2 Å². The Hall–Kier alpha value is -0.320. The lowest BCUT2D eigenvalue weighted by atomic mass is 9.91. The first-order chi connectivity index (χ1) is 9.16. The number of hydrogen-bond acceptors (Lipinski definition) is 3. The van der Waals surface area contributed by atoms with Crippen molar-refractivity contribution in [2.24, 2.45) is 11.7 Å². The number of amides is 1. The SMILES string of the molecule is CC(N)C1CCN(C(=O)CCC2CCCCO2)CC1.Cl. The average Bonchev–Trinajstić information content (AvgIpc) is 2.46. The lowest BCUT2D eigenvalue weighted by Crippen LogP contribution is -2.42. The van der Waals surface area contributed by atoms with Crippen molar-refractivity contribution in [2.45, 2.75) is 64.0 Å². The molecule has 2 aliphatic rings. The Bertz CT molecular complexity index is 286. The van der Waals surface area contributed by atoms with Gasteiger partial charge in [-0.3, -0.25) is 4.79 Å². The number of ether oxygens (including phenoxy) is 1. The summed E-state index contributed by atoms with van der Waals surface area (Å²) >= 11 is 0. The third-order valence-electron chi connectivity index (χ3n) is 4.59. The van der Waals surface area contributed by atoms with Gasteiger partial charge in [0.15, 0.2) is 0 Å². The molecule has 2 heterocycles. The normalized spacial score (nSPS) is 25.9. The van der Waals surface area contributed by atoms with Crippen LogP contribution in [0, 0.1) is 5.92 Å². The van der Waals surface area contributed by atoms with Crippen LogP contribution in [-0.2, 0) is 9.53 Å². The molecule has 0 aromatic rings. The van der Waals surface area contributed by atoms with Crippen LogP contribution in [0.1, 0.15) is 51.9 Å². The van der Waals surface area contributed by atoms with E-state index >= 15 is 0 Å². The van der Waals surface area contributed by atoms with Gasteiger partial charge in [0.2, 0.25) is 5.91 Å². The number of rotatable bonds is 4. The lowest BCUT2D eigenvalue weighted by molar-refractivity contribution is -0.133. The number of likely N-dealkylation sites (tertiary alicyclic amines) is 1. The standard InChI is InChI=1S/C15H28N2O2.ClH/c1-12(16)13-7-9-17(10-8-13)15(18)6-5-14-4-2-3-11-19-14;/h12-14H,2-11,16H2,1H3;1H. The minimum absolute atomic E-state index is 0. The molecule has 1 amide bonds. The molecule has 2 atom stereocenters. The van der Waals surface area contributed by atoms with Gasteiger partial charge in [0.25, 0.3) is 0 Å². The Balaban J connectivity index is 0.00000200. The van der Waals surface area contributed by atoms with Crippen LogP contribution in [0.25, 0.3) is 0 Å². The Kier molecular flexibility index (Phi) is 7.85. The van der Waals surface area contributed by atoms with Crippen LogP contribution in [0.2, 0.25) is 0 Å². The minimum Gasteiger partial charge on any atom is -0.378 e. The number of hydrogen-bond donors (Lipinski definition) is 1. The van der Waals surface area contributed by atoms with E-state index in [4.69, 9.17) is 10.5 Å². The van der Waals surface area contributed by atoms with Crippen molar-refractivity contribution in [1.82, 2.24) is 4.90 Å². The number of halogens is 1. The zero-order valence-corrected chi connectivity index (χ0v) is 13.4. The Labute approximate surface area is 128 Å². The summed E-state index contributed by atoms with van der Waals surface area (Å²) in [4.78, 5) is 14.2. The number of carbonyl (C=O) groups excluding carboxylic acids is 1. The summed E-state index contributed by atoms with van der Waals surface area (Å²) in [6, 6.07) is 0.257. The van der Waals surface area contributed by atoms with E-state index in [1.54, 1.807) is 0 Å². The van der Waals surface area contributed by atoms with Gasteiger partial charge in [-0.05, 0) is 51.4 Å². The first-order valence-electron chi connectivity index (χ1n) is 7.82. The molecular formula is C15H29ClN2O2. The molecule has 5 heteroatoms. The minimum atomic E-state index is 0. The van der Waals surface area contributed by atoms with Crippen molar-refractivity contribution in [3.05, 3.63) is 0 Å². The van der Waals surface area contributed by atoms with E-state index < -0.39 is 0 Å². The maximum Gasteiger partial charge on any atom is 0.222 e. The molecule has 0 aliphatic carbocycles. The fraction of sp³-hybridized carbons (Fsp3) is 0.933. The summed E-state index contributed by atoms with van der Waals surface area (Å²) in [5.74, 6) is 0.892. The van der Waals surface area contributed by atoms with Gasteiger partial charge < -0.3 is 15.4 Å². The van der Waals surface area contributed by atoms with Crippen LogP contribution in [0.4, 0.5) is 0 Å². The highest BCUT2D eigenvalue weighted by atomic mass is 35.5. The van der Waals surface area contributed by atoms with Crippen LogP contribution in [0.15, 0.2) is 0 Å². The highest BCUT2D eigenvalue weighted by Gasteiger charge is 2.25. The van der Waals surface area contributed by atoms with E-state index in [-0.39, 0.29) is 18.4 Å². The quantitative estimate of drug-likeness (QED) is 0.867. The molecule has 0 radical (unpaired) electrons. The molecule has 118 valence electrons. The largest absolute Gasteiger partial charge is 0.378 e. The lowest BCUT2D eigenvalue weighted by Gasteiger charge is -2.34. The molecule has 2 rings (SSSR count). The molecule has 0 aromatic carbocycles. The molecular weight excluding hydrogens is 276 g/mol. The summed E-state index contributed by atoms with van der Waals surface area (Å²) in [7, 11) is 0. The fourth-order valence-corrected chi connectivity index (χ4v) is 3.15.